The number of nitrogens with zero attached hydrogens (tertiary/aromatic N) is 3. The van der Waals surface area contributed by atoms with Crippen molar-refractivity contribution in [2.24, 2.45) is 5.73 Å². The Morgan fingerprint density at radius 1 is 1.47 bits per heavy atom. The first-order valence-corrected chi connectivity index (χ1v) is 5.14. The van der Waals surface area contributed by atoms with Gasteiger partial charge in [0.05, 0.1) is 20.2 Å². The molecular formula is C11H13FN4O. The van der Waals surface area contributed by atoms with Gasteiger partial charge in [0.1, 0.15) is 12.2 Å². The molecule has 0 fully saturated rings. The fourth-order valence-corrected chi connectivity index (χ4v) is 1.58. The first-order chi connectivity index (χ1) is 8.26. The van der Waals surface area contributed by atoms with Crippen LogP contribution in [0.1, 0.15) is 11.4 Å². The average Bonchev–Trinajstić information content (AvgIpc) is 2.79. The van der Waals surface area contributed by atoms with Gasteiger partial charge >= 0.3 is 0 Å². The Bertz CT molecular complexity index is 512. The highest BCUT2D eigenvalue weighted by Gasteiger charge is 2.10. The number of hydrogen-bond acceptors (Lipinski definition) is 4. The molecule has 2 aromatic rings. The van der Waals surface area contributed by atoms with Crippen molar-refractivity contribution in [1.82, 2.24) is 14.8 Å². The van der Waals surface area contributed by atoms with Gasteiger partial charge in [-0.05, 0) is 6.07 Å². The third-order valence-corrected chi connectivity index (χ3v) is 2.46. The Hall–Kier alpha value is -1.95. The molecule has 5 nitrogen and oxygen atoms in total. The second kappa shape index (κ2) is 4.92. The van der Waals surface area contributed by atoms with Gasteiger partial charge in [0.15, 0.2) is 11.6 Å². The first-order valence-electron chi connectivity index (χ1n) is 5.14. The Kier molecular flexibility index (Phi) is 3.34. The number of hydrogen-bond donors (Lipinski definition) is 1. The highest BCUT2D eigenvalue weighted by Crippen LogP contribution is 2.20. The molecule has 6 heteroatoms. The van der Waals surface area contributed by atoms with Crippen molar-refractivity contribution in [1.29, 1.82) is 0 Å². The first kappa shape index (κ1) is 11.5. The van der Waals surface area contributed by atoms with Crippen molar-refractivity contribution in [2.75, 3.05) is 7.11 Å². The van der Waals surface area contributed by atoms with Crippen molar-refractivity contribution in [2.45, 2.75) is 13.1 Å². The molecule has 0 atom stereocenters. The van der Waals surface area contributed by atoms with Crippen LogP contribution in [0.4, 0.5) is 4.39 Å². The molecule has 0 saturated carbocycles. The zero-order valence-corrected chi connectivity index (χ0v) is 9.43. The van der Waals surface area contributed by atoms with E-state index in [1.807, 2.05) is 0 Å². The SMILES string of the molecule is COc1cccc(Cn2ncnc2CN)c1F. The lowest BCUT2D eigenvalue weighted by molar-refractivity contribution is 0.383. The normalized spacial score (nSPS) is 10.5. The van der Waals surface area contributed by atoms with Crippen molar-refractivity contribution in [3.05, 3.63) is 41.7 Å². The van der Waals surface area contributed by atoms with Crippen molar-refractivity contribution < 1.29 is 9.13 Å². The molecule has 1 aromatic heterocycles. The Morgan fingerprint density at radius 3 is 3.00 bits per heavy atom. The van der Waals surface area contributed by atoms with Crippen LogP contribution in [0.25, 0.3) is 0 Å². The van der Waals surface area contributed by atoms with Crippen LogP contribution in [0.3, 0.4) is 0 Å². The van der Waals surface area contributed by atoms with Gasteiger partial charge in [0.25, 0.3) is 0 Å². The number of methoxy groups -OCH3 is 1. The lowest BCUT2D eigenvalue weighted by Crippen LogP contribution is -2.11. The van der Waals surface area contributed by atoms with Gasteiger partial charge in [-0.3, -0.25) is 0 Å². The number of rotatable bonds is 4. The number of halogens is 1. The molecular weight excluding hydrogens is 223 g/mol. The van der Waals surface area contributed by atoms with E-state index in [2.05, 4.69) is 10.1 Å². The molecule has 0 spiro atoms. The van der Waals surface area contributed by atoms with Crippen LogP contribution >= 0.6 is 0 Å². The smallest absolute Gasteiger partial charge is 0.170 e. The zero-order valence-electron chi connectivity index (χ0n) is 9.43. The van der Waals surface area contributed by atoms with E-state index >= 15 is 0 Å². The minimum absolute atomic E-state index is 0.219. The van der Waals surface area contributed by atoms with Crippen LogP contribution < -0.4 is 10.5 Å². The molecule has 17 heavy (non-hydrogen) atoms. The summed E-state index contributed by atoms with van der Waals surface area (Å²) in [6.07, 6.45) is 1.40. The zero-order chi connectivity index (χ0) is 12.3. The van der Waals surface area contributed by atoms with Crippen LogP contribution in [-0.2, 0) is 13.1 Å². The summed E-state index contributed by atoms with van der Waals surface area (Å²) in [5, 5.41) is 4.00. The second-order valence-corrected chi connectivity index (χ2v) is 3.47. The number of ether oxygens (including phenoxy) is 1. The predicted octanol–water partition coefficient (Wildman–Crippen LogP) is 0.933. The fourth-order valence-electron chi connectivity index (χ4n) is 1.58. The number of benzene rings is 1. The van der Waals surface area contributed by atoms with Gasteiger partial charge in [-0.15, -0.1) is 0 Å². The third-order valence-electron chi connectivity index (χ3n) is 2.46. The Balaban J connectivity index is 2.30. The van der Waals surface area contributed by atoms with E-state index in [0.717, 1.165) is 0 Å². The van der Waals surface area contributed by atoms with E-state index in [-0.39, 0.29) is 24.7 Å². The summed E-state index contributed by atoms with van der Waals surface area (Å²) in [7, 11) is 1.43. The molecule has 1 aromatic carbocycles. The minimum atomic E-state index is -0.381. The van der Waals surface area contributed by atoms with Gasteiger partial charge in [-0.1, -0.05) is 12.1 Å². The fraction of sp³-hybridized carbons (Fsp3) is 0.273. The van der Waals surface area contributed by atoms with Crippen LogP contribution in [0.2, 0.25) is 0 Å². The van der Waals surface area contributed by atoms with E-state index in [1.54, 1.807) is 22.9 Å². The topological polar surface area (TPSA) is 66.0 Å². The summed E-state index contributed by atoms with van der Waals surface area (Å²) in [6.45, 7) is 0.557. The maximum absolute atomic E-state index is 13.9. The van der Waals surface area contributed by atoms with E-state index in [4.69, 9.17) is 10.5 Å². The van der Waals surface area contributed by atoms with Crippen molar-refractivity contribution in [3.63, 3.8) is 0 Å². The molecule has 0 aliphatic heterocycles. The molecule has 2 N–H and O–H groups in total. The summed E-state index contributed by atoms with van der Waals surface area (Å²) >= 11 is 0. The quantitative estimate of drug-likeness (QED) is 0.857. The predicted molar refractivity (Wildman–Crippen MR) is 60.0 cm³/mol. The van der Waals surface area contributed by atoms with E-state index in [1.165, 1.54) is 13.4 Å². The average molecular weight is 236 g/mol. The van der Waals surface area contributed by atoms with E-state index < -0.39 is 0 Å². The monoisotopic (exact) mass is 236 g/mol. The van der Waals surface area contributed by atoms with Crippen LogP contribution in [0.5, 0.6) is 5.75 Å². The van der Waals surface area contributed by atoms with Gasteiger partial charge in [-0.2, -0.15) is 5.10 Å². The third kappa shape index (κ3) is 2.26. The maximum Gasteiger partial charge on any atom is 0.170 e. The number of nitrogens with two attached hydrogens (primary N) is 1. The molecule has 2 rings (SSSR count). The van der Waals surface area contributed by atoms with Crippen molar-refractivity contribution >= 4 is 0 Å². The summed E-state index contributed by atoms with van der Waals surface area (Å²) in [5.74, 6) is 0.456. The van der Waals surface area contributed by atoms with Gasteiger partial charge < -0.3 is 10.5 Å². The molecule has 0 aliphatic carbocycles. The van der Waals surface area contributed by atoms with Crippen molar-refractivity contribution in [3.8, 4) is 5.75 Å². The number of aromatic nitrogens is 3. The molecule has 0 unspecified atom stereocenters. The summed E-state index contributed by atoms with van der Waals surface area (Å²) < 4.78 is 20.4. The Labute approximate surface area is 98.0 Å². The molecule has 0 amide bonds. The maximum atomic E-state index is 13.9. The molecule has 0 bridgehead atoms. The molecule has 90 valence electrons. The van der Waals surface area contributed by atoms with Crippen LogP contribution in [0, 0.1) is 5.82 Å². The van der Waals surface area contributed by atoms with Gasteiger partial charge in [0.2, 0.25) is 0 Å². The van der Waals surface area contributed by atoms with Crippen LogP contribution in [0.15, 0.2) is 24.5 Å². The summed E-state index contributed by atoms with van der Waals surface area (Å²) in [4.78, 5) is 3.98. The Morgan fingerprint density at radius 2 is 2.29 bits per heavy atom. The second-order valence-electron chi connectivity index (χ2n) is 3.47. The molecule has 0 radical (unpaired) electrons. The van der Waals surface area contributed by atoms with Gasteiger partial charge in [0, 0.05) is 5.56 Å². The largest absolute Gasteiger partial charge is 0.494 e. The summed E-state index contributed by atoms with van der Waals surface area (Å²) in [5.41, 5.74) is 5.99. The lowest BCUT2D eigenvalue weighted by Gasteiger charge is -2.08. The highest BCUT2D eigenvalue weighted by molar-refractivity contribution is 5.31. The lowest BCUT2D eigenvalue weighted by atomic mass is 10.2. The minimum Gasteiger partial charge on any atom is -0.494 e. The molecule has 0 aliphatic rings. The van der Waals surface area contributed by atoms with Crippen LogP contribution in [-0.4, -0.2) is 21.9 Å². The highest BCUT2D eigenvalue weighted by atomic mass is 19.1. The van der Waals surface area contributed by atoms with Gasteiger partial charge in [-0.25, -0.2) is 14.1 Å². The molecule has 1 heterocycles. The summed E-state index contributed by atoms with van der Waals surface area (Å²) in [6, 6.07) is 4.99. The molecule has 0 saturated heterocycles. The van der Waals surface area contributed by atoms with E-state index in [0.29, 0.717) is 11.4 Å². The van der Waals surface area contributed by atoms with E-state index in [9.17, 15) is 4.39 Å². The standard InChI is InChI=1S/C11H13FN4O/c1-17-9-4-2-3-8(11(9)12)6-16-10(5-13)14-7-15-16/h2-4,7H,5-6,13H2,1H3.